The summed E-state index contributed by atoms with van der Waals surface area (Å²) in [6, 6.07) is 22.4. The van der Waals surface area contributed by atoms with Gasteiger partial charge in [0.05, 0.1) is 25.2 Å². The number of thiazole rings is 1. The van der Waals surface area contributed by atoms with Gasteiger partial charge in [0.2, 0.25) is 5.91 Å². The van der Waals surface area contributed by atoms with Crippen LogP contribution in [0.25, 0.3) is 11.3 Å². The molecule has 0 bridgehead atoms. The molecule has 0 saturated carbocycles. The van der Waals surface area contributed by atoms with Crippen molar-refractivity contribution in [2.24, 2.45) is 0 Å². The zero-order valence-electron chi connectivity index (χ0n) is 20.7. The number of aromatic nitrogens is 1. The first kappa shape index (κ1) is 26.2. The molecule has 9 heteroatoms. The number of amides is 2. The first-order chi connectivity index (χ1) is 18.0. The molecule has 0 saturated heterocycles. The summed E-state index contributed by atoms with van der Waals surface area (Å²) in [6.45, 7) is 1.97. The zero-order valence-corrected chi connectivity index (χ0v) is 22.3. The molecule has 190 valence electrons. The number of ether oxygens (including phenoxy) is 2. The third-order valence-corrected chi connectivity index (χ3v) is 7.61. The standard InChI is InChI=1S/C28H27N3O4S2/c1-4-24(26(32)31-28-30-21(17-36-28)18-10-6-5-7-11-18)37-20-13-8-12-19(16-20)29-27(33)25-22(34-2)14-9-15-23(25)35-3/h5-17,24H,4H2,1-3H3,(H,29,33)(H,30,31,32). The van der Waals surface area contributed by atoms with E-state index in [0.717, 1.165) is 16.2 Å². The zero-order chi connectivity index (χ0) is 26.2. The van der Waals surface area contributed by atoms with E-state index < -0.39 is 0 Å². The van der Waals surface area contributed by atoms with Crippen molar-refractivity contribution in [3.8, 4) is 22.8 Å². The van der Waals surface area contributed by atoms with Gasteiger partial charge in [-0.15, -0.1) is 23.1 Å². The summed E-state index contributed by atoms with van der Waals surface area (Å²) in [7, 11) is 3.01. The minimum atomic E-state index is -0.348. The van der Waals surface area contributed by atoms with Crippen molar-refractivity contribution in [3.63, 3.8) is 0 Å². The van der Waals surface area contributed by atoms with Gasteiger partial charge in [0, 0.05) is 21.5 Å². The monoisotopic (exact) mass is 533 g/mol. The maximum Gasteiger partial charge on any atom is 0.263 e. The Morgan fingerprint density at radius 3 is 2.32 bits per heavy atom. The number of carbonyl (C=O) groups is 2. The van der Waals surface area contributed by atoms with Crippen LogP contribution in [0.4, 0.5) is 10.8 Å². The van der Waals surface area contributed by atoms with Gasteiger partial charge in [-0.3, -0.25) is 9.59 Å². The summed E-state index contributed by atoms with van der Waals surface area (Å²) < 4.78 is 10.7. The lowest BCUT2D eigenvalue weighted by Gasteiger charge is -2.15. The number of nitrogens with one attached hydrogen (secondary N) is 2. The summed E-state index contributed by atoms with van der Waals surface area (Å²) in [6.07, 6.45) is 0.627. The Balaban J connectivity index is 1.43. The second-order valence-electron chi connectivity index (χ2n) is 7.93. The summed E-state index contributed by atoms with van der Waals surface area (Å²) in [5.41, 5.74) is 2.75. The Morgan fingerprint density at radius 2 is 1.65 bits per heavy atom. The molecule has 0 aliphatic carbocycles. The molecule has 2 N–H and O–H groups in total. The number of hydrogen-bond donors (Lipinski definition) is 2. The predicted octanol–water partition coefficient (Wildman–Crippen LogP) is 6.59. The summed E-state index contributed by atoms with van der Waals surface area (Å²) in [5, 5.41) is 8.02. The lowest BCUT2D eigenvalue weighted by Crippen LogP contribution is -2.24. The van der Waals surface area contributed by atoms with E-state index in [1.54, 1.807) is 24.3 Å². The molecule has 0 spiro atoms. The molecule has 1 aromatic heterocycles. The van der Waals surface area contributed by atoms with Gasteiger partial charge in [-0.25, -0.2) is 4.98 Å². The van der Waals surface area contributed by atoms with Crippen molar-refractivity contribution in [2.75, 3.05) is 24.9 Å². The van der Waals surface area contributed by atoms with Crippen molar-refractivity contribution >= 4 is 45.7 Å². The number of carbonyl (C=O) groups excluding carboxylic acids is 2. The minimum Gasteiger partial charge on any atom is -0.496 e. The largest absolute Gasteiger partial charge is 0.496 e. The Hall–Kier alpha value is -3.82. The first-order valence-electron chi connectivity index (χ1n) is 11.6. The van der Waals surface area contributed by atoms with Crippen LogP contribution in [0.3, 0.4) is 0 Å². The molecule has 0 aliphatic rings. The van der Waals surface area contributed by atoms with Gasteiger partial charge in [-0.2, -0.15) is 0 Å². The van der Waals surface area contributed by atoms with Crippen molar-refractivity contribution in [2.45, 2.75) is 23.5 Å². The van der Waals surface area contributed by atoms with E-state index >= 15 is 0 Å². The topological polar surface area (TPSA) is 89.5 Å². The van der Waals surface area contributed by atoms with Gasteiger partial charge in [-0.1, -0.05) is 49.4 Å². The van der Waals surface area contributed by atoms with Gasteiger partial charge in [0.1, 0.15) is 17.1 Å². The number of nitrogens with zero attached hydrogens (tertiary/aromatic N) is 1. The molecular weight excluding hydrogens is 506 g/mol. The highest BCUT2D eigenvalue weighted by molar-refractivity contribution is 8.00. The molecule has 0 fully saturated rings. The minimum absolute atomic E-state index is 0.116. The molecule has 3 aromatic carbocycles. The fourth-order valence-electron chi connectivity index (χ4n) is 3.66. The van der Waals surface area contributed by atoms with Crippen LogP contribution in [-0.2, 0) is 4.79 Å². The van der Waals surface area contributed by atoms with Crippen LogP contribution >= 0.6 is 23.1 Å². The van der Waals surface area contributed by atoms with Crippen LogP contribution in [0.15, 0.2) is 83.1 Å². The Bertz CT molecular complexity index is 1350. The van der Waals surface area contributed by atoms with E-state index in [9.17, 15) is 9.59 Å². The van der Waals surface area contributed by atoms with Crippen molar-refractivity contribution in [1.82, 2.24) is 4.98 Å². The fourth-order valence-corrected chi connectivity index (χ4v) is 5.40. The molecule has 2 amide bonds. The highest BCUT2D eigenvalue weighted by Crippen LogP contribution is 2.32. The van der Waals surface area contributed by atoms with Crippen LogP contribution in [-0.4, -0.2) is 36.3 Å². The number of thioether (sulfide) groups is 1. The van der Waals surface area contributed by atoms with Gasteiger partial charge >= 0.3 is 0 Å². The van der Waals surface area contributed by atoms with E-state index in [4.69, 9.17) is 9.47 Å². The summed E-state index contributed by atoms with van der Waals surface area (Å²) in [4.78, 5) is 31.5. The quantitative estimate of drug-likeness (QED) is 0.224. The molecule has 1 atom stereocenters. The number of hydrogen-bond acceptors (Lipinski definition) is 7. The van der Waals surface area contributed by atoms with E-state index in [2.05, 4.69) is 15.6 Å². The fraction of sp³-hybridized carbons (Fsp3) is 0.179. The number of rotatable bonds is 10. The third kappa shape index (κ3) is 6.49. The molecule has 1 heterocycles. The summed E-state index contributed by atoms with van der Waals surface area (Å²) in [5.74, 6) is 0.374. The number of methoxy groups -OCH3 is 2. The van der Waals surface area contributed by atoms with E-state index in [1.807, 2.05) is 60.8 Å². The highest BCUT2D eigenvalue weighted by Gasteiger charge is 2.21. The molecule has 0 radical (unpaired) electrons. The molecule has 37 heavy (non-hydrogen) atoms. The van der Waals surface area contributed by atoms with E-state index in [-0.39, 0.29) is 17.1 Å². The van der Waals surface area contributed by atoms with Crippen LogP contribution in [0.5, 0.6) is 11.5 Å². The van der Waals surface area contributed by atoms with Crippen LogP contribution < -0.4 is 20.1 Å². The van der Waals surface area contributed by atoms with Gasteiger partial charge < -0.3 is 20.1 Å². The van der Waals surface area contributed by atoms with Crippen molar-refractivity contribution in [3.05, 3.63) is 83.7 Å². The van der Waals surface area contributed by atoms with Crippen LogP contribution in [0.2, 0.25) is 0 Å². The molecule has 0 aliphatic heterocycles. The second-order valence-corrected chi connectivity index (χ2v) is 10.1. The molecule has 7 nitrogen and oxygen atoms in total. The first-order valence-corrected chi connectivity index (χ1v) is 13.4. The van der Waals surface area contributed by atoms with Crippen LogP contribution in [0, 0.1) is 0 Å². The normalized spacial score (nSPS) is 11.4. The Morgan fingerprint density at radius 1 is 0.946 bits per heavy atom. The van der Waals surface area contributed by atoms with Crippen molar-refractivity contribution < 1.29 is 19.1 Å². The van der Waals surface area contributed by atoms with Gasteiger partial charge in [-0.05, 0) is 36.8 Å². The predicted molar refractivity (Wildman–Crippen MR) is 150 cm³/mol. The SMILES string of the molecule is CCC(Sc1cccc(NC(=O)c2c(OC)cccc2OC)c1)C(=O)Nc1nc(-c2ccccc2)cs1. The number of benzene rings is 3. The second kappa shape index (κ2) is 12.4. The van der Waals surface area contributed by atoms with Gasteiger partial charge in [0.15, 0.2) is 5.13 Å². The van der Waals surface area contributed by atoms with Crippen molar-refractivity contribution in [1.29, 1.82) is 0 Å². The lowest BCUT2D eigenvalue weighted by atomic mass is 10.1. The molecule has 4 aromatic rings. The van der Waals surface area contributed by atoms with Gasteiger partial charge in [0.25, 0.3) is 5.91 Å². The van der Waals surface area contributed by atoms with E-state index in [1.165, 1.54) is 37.3 Å². The average molecular weight is 534 g/mol. The molecule has 1 unspecified atom stereocenters. The maximum absolute atomic E-state index is 13.0. The Labute approximate surface area is 224 Å². The van der Waals surface area contributed by atoms with Crippen LogP contribution in [0.1, 0.15) is 23.7 Å². The third-order valence-electron chi connectivity index (χ3n) is 5.49. The maximum atomic E-state index is 13.0. The summed E-state index contributed by atoms with van der Waals surface area (Å²) >= 11 is 2.84. The highest BCUT2D eigenvalue weighted by atomic mass is 32.2. The molecular formula is C28H27N3O4S2. The lowest BCUT2D eigenvalue weighted by molar-refractivity contribution is -0.115. The van der Waals surface area contributed by atoms with E-state index in [0.29, 0.717) is 34.3 Å². The molecule has 4 rings (SSSR count). The Kier molecular flexibility index (Phi) is 8.81. The number of anilines is 2. The average Bonchev–Trinajstić information content (AvgIpc) is 3.40. The smallest absolute Gasteiger partial charge is 0.263 e.